The fraction of sp³-hybridized carbons (Fsp3) is 0.500. The summed E-state index contributed by atoms with van der Waals surface area (Å²) in [6.45, 7) is 6.93. The van der Waals surface area contributed by atoms with Crippen LogP contribution in [-0.4, -0.2) is 42.5 Å². The predicted octanol–water partition coefficient (Wildman–Crippen LogP) is 2.52. The van der Waals surface area contributed by atoms with Crippen molar-refractivity contribution in [3.8, 4) is 11.5 Å². The number of aliphatic imine (C=N–C) groups is 1. The molecule has 0 saturated heterocycles. The summed E-state index contributed by atoms with van der Waals surface area (Å²) in [5, 5.41) is 10.8. The largest absolute Gasteiger partial charge is 0.493 e. The standard InChI is InChI=1S/C20H31N5O2/c1-5-21-20(23-15-17-11-13-24-25(17)3)22-12-7-8-16-9-10-18(26-4)19(14-16)27-6-2/h9-11,13-14H,5-8,12,15H2,1-4H3,(H2,21,22,23). The maximum atomic E-state index is 5.65. The van der Waals surface area contributed by atoms with E-state index in [4.69, 9.17) is 9.47 Å². The van der Waals surface area contributed by atoms with Crippen LogP contribution >= 0.6 is 0 Å². The van der Waals surface area contributed by atoms with Crippen LogP contribution in [-0.2, 0) is 20.0 Å². The van der Waals surface area contributed by atoms with E-state index in [1.165, 1.54) is 5.56 Å². The van der Waals surface area contributed by atoms with Gasteiger partial charge in [-0.05, 0) is 50.5 Å². The molecule has 27 heavy (non-hydrogen) atoms. The van der Waals surface area contributed by atoms with Crippen molar-refractivity contribution in [2.45, 2.75) is 33.2 Å². The van der Waals surface area contributed by atoms with Crippen LogP contribution in [0.1, 0.15) is 31.5 Å². The fourth-order valence-corrected chi connectivity index (χ4v) is 2.70. The molecule has 0 atom stereocenters. The second kappa shape index (κ2) is 11.1. The molecular formula is C20H31N5O2. The minimum absolute atomic E-state index is 0.599. The van der Waals surface area contributed by atoms with E-state index >= 15 is 0 Å². The van der Waals surface area contributed by atoms with Gasteiger partial charge in [-0.3, -0.25) is 4.68 Å². The zero-order valence-electron chi connectivity index (χ0n) is 16.8. The Kier molecular flexibility index (Phi) is 8.48. The van der Waals surface area contributed by atoms with Gasteiger partial charge < -0.3 is 20.1 Å². The van der Waals surface area contributed by atoms with Crippen LogP contribution in [0.5, 0.6) is 11.5 Å². The van der Waals surface area contributed by atoms with Crippen molar-refractivity contribution in [1.29, 1.82) is 0 Å². The number of rotatable bonds is 10. The lowest BCUT2D eigenvalue weighted by Gasteiger charge is -2.13. The Morgan fingerprint density at radius 1 is 1.19 bits per heavy atom. The van der Waals surface area contributed by atoms with Gasteiger partial charge in [0.15, 0.2) is 17.5 Å². The third-order valence-corrected chi connectivity index (χ3v) is 4.13. The van der Waals surface area contributed by atoms with E-state index in [1.54, 1.807) is 13.3 Å². The summed E-state index contributed by atoms with van der Waals surface area (Å²) in [7, 11) is 3.59. The lowest BCUT2D eigenvalue weighted by molar-refractivity contribution is 0.310. The lowest BCUT2D eigenvalue weighted by Crippen LogP contribution is -2.37. The number of aromatic nitrogens is 2. The normalized spacial score (nSPS) is 11.3. The Hall–Kier alpha value is -2.70. The van der Waals surface area contributed by atoms with Crippen LogP contribution in [0.25, 0.3) is 0 Å². The summed E-state index contributed by atoms with van der Waals surface area (Å²) in [4.78, 5) is 4.62. The maximum Gasteiger partial charge on any atom is 0.191 e. The van der Waals surface area contributed by atoms with Crippen molar-refractivity contribution in [1.82, 2.24) is 20.4 Å². The minimum atomic E-state index is 0.599. The monoisotopic (exact) mass is 373 g/mol. The Morgan fingerprint density at radius 2 is 2.04 bits per heavy atom. The van der Waals surface area contributed by atoms with Crippen LogP contribution in [0.4, 0.5) is 0 Å². The van der Waals surface area contributed by atoms with E-state index in [2.05, 4.69) is 39.8 Å². The molecule has 1 heterocycles. The zero-order chi connectivity index (χ0) is 19.5. The van der Waals surface area contributed by atoms with Crippen molar-refractivity contribution in [3.63, 3.8) is 0 Å². The summed E-state index contributed by atoms with van der Waals surface area (Å²) in [6, 6.07) is 8.09. The molecule has 1 aromatic carbocycles. The van der Waals surface area contributed by atoms with Crippen molar-refractivity contribution in [3.05, 3.63) is 41.7 Å². The van der Waals surface area contributed by atoms with Crippen LogP contribution in [0.15, 0.2) is 35.5 Å². The maximum absolute atomic E-state index is 5.65. The lowest BCUT2D eigenvalue weighted by atomic mass is 10.1. The van der Waals surface area contributed by atoms with Crippen LogP contribution in [0.3, 0.4) is 0 Å². The molecule has 1 aromatic heterocycles. The number of benzene rings is 1. The van der Waals surface area contributed by atoms with Gasteiger partial charge in [0.2, 0.25) is 0 Å². The first-order valence-corrected chi connectivity index (χ1v) is 9.46. The molecule has 2 rings (SSSR count). The summed E-state index contributed by atoms with van der Waals surface area (Å²) < 4.78 is 12.8. The third-order valence-electron chi connectivity index (χ3n) is 4.13. The van der Waals surface area contributed by atoms with Crippen LogP contribution < -0.4 is 20.1 Å². The fourth-order valence-electron chi connectivity index (χ4n) is 2.70. The highest BCUT2D eigenvalue weighted by Gasteiger charge is 2.06. The summed E-state index contributed by atoms with van der Waals surface area (Å²) in [5.41, 5.74) is 2.31. The Labute approximate surface area is 161 Å². The molecule has 2 N–H and O–H groups in total. The van der Waals surface area contributed by atoms with Gasteiger partial charge in [0.05, 0.1) is 26.0 Å². The number of aryl methyl sites for hydroxylation is 2. The number of hydrogen-bond acceptors (Lipinski definition) is 4. The highest BCUT2D eigenvalue weighted by molar-refractivity contribution is 5.79. The molecule has 0 fully saturated rings. The predicted molar refractivity (Wildman–Crippen MR) is 109 cm³/mol. The molecule has 7 nitrogen and oxygen atoms in total. The molecule has 0 aliphatic rings. The van der Waals surface area contributed by atoms with Gasteiger partial charge >= 0.3 is 0 Å². The van der Waals surface area contributed by atoms with Gasteiger partial charge in [0.25, 0.3) is 0 Å². The SMILES string of the molecule is CCNC(=NCc1ccnn1C)NCCCc1ccc(OC)c(OCC)c1. The minimum Gasteiger partial charge on any atom is -0.493 e. The quantitative estimate of drug-likeness (QED) is 0.380. The Morgan fingerprint density at radius 3 is 2.70 bits per heavy atom. The first-order valence-electron chi connectivity index (χ1n) is 9.46. The van der Waals surface area contributed by atoms with E-state index in [0.29, 0.717) is 13.2 Å². The number of nitrogens with one attached hydrogen (secondary N) is 2. The average molecular weight is 374 g/mol. The first-order chi connectivity index (χ1) is 13.2. The van der Waals surface area contributed by atoms with E-state index in [-0.39, 0.29) is 0 Å². The molecule has 0 amide bonds. The van der Waals surface area contributed by atoms with Crippen molar-refractivity contribution >= 4 is 5.96 Å². The van der Waals surface area contributed by atoms with Gasteiger partial charge in [-0.15, -0.1) is 0 Å². The van der Waals surface area contributed by atoms with Crippen LogP contribution in [0, 0.1) is 0 Å². The van der Waals surface area contributed by atoms with Crippen molar-refractivity contribution < 1.29 is 9.47 Å². The van der Waals surface area contributed by atoms with Gasteiger partial charge in [-0.2, -0.15) is 5.10 Å². The van der Waals surface area contributed by atoms with E-state index < -0.39 is 0 Å². The molecule has 0 aliphatic heterocycles. The smallest absolute Gasteiger partial charge is 0.191 e. The van der Waals surface area contributed by atoms with Crippen molar-refractivity contribution in [2.75, 3.05) is 26.8 Å². The van der Waals surface area contributed by atoms with E-state index in [9.17, 15) is 0 Å². The second-order valence-electron chi connectivity index (χ2n) is 6.09. The number of hydrogen-bond donors (Lipinski definition) is 2. The molecule has 0 saturated carbocycles. The summed E-state index contributed by atoms with van der Waals surface area (Å²) in [5.74, 6) is 2.40. The van der Waals surface area contributed by atoms with Gasteiger partial charge in [0, 0.05) is 26.3 Å². The number of methoxy groups -OCH3 is 1. The Bertz CT molecular complexity index is 727. The number of guanidine groups is 1. The van der Waals surface area contributed by atoms with Gasteiger partial charge in [-0.25, -0.2) is 4.99 Å². The number of nitrogens with zero attached hydrogens (tertiary/aromatic N) is 3. The molecular weight excluding hydrogens is 342 g/mol. The second-order valence-corrected chi connectivity index (χ2v) is 6.09. The molecule has 0 unspecified atom stereocenters. The molecule has 2 aromatic rings. The Balaban J connectivity index is 1.84. The molecule has 0 radical (unpaired) electrons. The highest BCUT2D eigenvalue weighted by Crippen LogP contribution is 2.28. The van der Waals surface area contributed by atoms with Crippen LogP contribution in [0.2, 0.25) is 0 Å². The van der Waals surface area contributed by atoms with Gasteiger partial charge in [-0.1, -0.05) is 6.07 Å². The molecule has 148 valence electrons. The number of ether oxygens (including phenoxy) is 2. The molecule has 7 heteroatoms. The highest BCUT2D eigenvalue weighted by atomic mass is 16.5. The van der Waals surface area contributed by atoms with E-state index in [0.717, 1.165) is 49.1 Å². The molecule has 0 spiro atoms. The third kappa shape index (κ3) is 6.51. The van der Waals surface area contributed by atoms with E-state index in [1.807, 2.05) is 30.8 Å². The first kappa shape index (κ1) is 20.6. The molecule has 0 bridgehead atoms. The molecule has 0 aliphatic carbocycles. The summed E-state index contributed by atoms with van der Waals surface area (Å²) >= 11 is 0. The summed E-state index contributed by atoms with van der Waals surface area (Å²) in [6.07, 6.45) is 3.74. The van der Waals surface area contributed by atoms with Gasteiger partial charge in [0.1, 0.15) is 0 Å². The van der Waals surface area contributed by atoms with Crippen molar-refractivity contribution in [2.24, 2.45) is 12.0 Å². The zero-order valence-corrected chi connectivity index (χ0v) is 16.8. The average Bonchev–Trinajstić information content (AvgIpc) is 3.08. The topological polar surface area (TPSA) is 72.7 Å².